The molecular weight excluding hydrogens is 464 g/mol. The lowest BCUT2D eigenvalue weighted by Gasteiger charge is -2.19. The first-order chi connectivity index (χ1) is 17.2. The molecule has 1 amide bonds. The second-order valence-corrected chi connectivity index (χ2v) is 8.85. The molecule has 0 unspecified atom stereocenters. The normalized spacial score (nSPS) is 11.1. The van der Waals surface area contributed by atoms with E-state index in [1.165, 1.54) is 7.11 Å². The van der Waals surface area contributed by atoms with Crippen LogP contribution >= 0.6 is 0 Å². The van der Waals surface area contributed by atoms with E-state index in [1.807, 2.05) is 20.8 Å². The maximum atomic E-state index is 12.8. The zero-order valence-electron chi connectivity index (χ0n) is 21.0. The van der Waals surface area contributed by atoms with Gasteiger partial charge in [0, 0.05) is 25.3 Å². The van der Waals surface area contributed by atoms with E-state index in [4.69, 9.17) is 18.9 Å². The number of aromatic amines is 1. The Morgan fingerprint density at radius 3 is 2.61 bits per heavy atom. The molecule has 3 aromatic rings. The number of benzene rings is 1. The summed E-state index contributed by atoms with van der Waals surface area (Å²) >= 11 is 0. The molecule has 3 rings (SSSR count). The fraction of sp³-hybridized carbons (Fsp3) is 0.385. The fourth-order valence-electron chi connectivity index (χ4n) is 3.19. The number of rotatable bonds is 12. The van der Waals surface area contributed by atoms with Crippen molar-refractivity contribution in [3.05, 3.63) is 54.4 Å². The highest BCUT2D eigenvalue weighted by Crippen LogP contribution is 2.29. The van der Waals surface area contributed by atoms with Crippen LogP contribution in [0.3, 0.4) is 0 Å². The van der Waals surface area contributed by atoms with Gasteiger partial charge >= 0.3 is 5.97 Å². The summed E-state index contributed by atoms with van der Waals surface area (Å²) in [6, 6.07) is 12.1. The first-order valence-corrected chi connectivity index (χ1v) is 11.6. The predicted molar refractivity (Wildman–Crippen MR) is 134 cm³/mol. The molecule has 10 nitrogen and oxygen atoms in total. The number of pyridine rings is 1. The second-order valence-electron chi connectivity index (χ2n) is 8.85. The number of esters is 1. The van der Waals surface area contributed by atoms with E-state index in [-0.39, 0.29) is 17.6 Å². The Hall–Kier alpha value is -3.92. The maximum Gasteiger partial charge on any atom is 0.306 e. The zero-order chi connectivity index (χ0) is 26.0. The molecule has 0 saturated carbocycles. The molecule has 0 radical (unpaired) electrons. The smallest absolute Gasteiger partial charge is 0.306 e. The Morgan fingerprint density at radius 2 is 1.89 bits per heavy atom. The van der Waals surface area contributed by atoms with E-state index in [0.29, 0.717) is 55.5 Å². The number of H-pyrrole nitrogens is 1. The van der Waals surface area contributed by atoms with Gasteiger partial charge in [-0.2, -0.15) is 5.10 Å². The predicted octanol–water partition coefficient (Wildman–Crippen LogP) is 4.25. The Balaban J connectivity index is 1.45. The van der Waals surface area contributed by atoms with Gasteiger partial charge in [-0.3, -0.25) is 14.7 Å². The standard InChI is InChI=1S/C26H32N4O6/c1-26(2,3)36-24(31)9-6-14-34-15-16-35-18-10-11-21(23(17-18)33-4)29-25(32)22-8-5-7-19(28-22)20-12-13-27-30-20/h5,7-8,10-13,17H,6,9,14-16H2,1-4H3,(H,27,30)(H,29,32). The van der Waals surface area contributed by atoms with Crippen molar-refractivity contribution in [2.75, 3.05) is 32.2 Å². The van der Waals surface area contributed by atoms with Crippen molar-refractivity contribution in [3.8, 4) is 22.9 Å². The number of carbonyl (C=O) groups excluding carboxylic acids is 2. The number of ether oxygens (including phenoxy) is 4. The Labute approximate surface area is 210 Å². The van der Waals surface area contributed by atoms with Crippen LogP contribution in [0.1, 0.15) is 44.1 Å². The lowest BCUT2D eigenvalue weighted by atomic mass is 10.2. The van der Waals surface area contributed by atoms with Gasteiger partial charge < -0.3 is 24.3 Å². The van der Waals surface area contributed by atoms with E-state index < -0.39 is 5.60 Å². The van der Waals surface area contributed by atoms with Crippen molar-refractivity contribution in [3.63, 3.8) is 0 Å². The highest BCUT2D eigenvalue weighted by atomic mass is 16.6. The van der Waals surface area contributed by atoms with Gasteiger partial charge in [0.05, 0.1) is 30.8 Å². The number of hydrogen-bond acceptors (Lipinski definition) is 8. The number of anilines is 1. The third-order valence-electron chi connectivity index (χ3n) is 4.77. The molecule has 0 aliphatic rings. The molecular formula is C26H32N4O6. The van der Waals surface area contributed by atoms with E-state index in [9.17, 15) is 9.59 Å². The number of aromatic nitrogens is 3. The average Bonchev–Trinajstić information content (AvgIpc) is 3.38. The Bertz CT molecular complexity index is 1140. The van der Waals surface area contributed by atoms with Crippen molar-refractivity contribution in [2.24, 2.45) is 0 Å². The van der Waals surface area contributed by atoms with Crippen molar-refractivity contribution >= 4 is 17.6 Å². The quantitative estimate of drug-likeness (QED) is 0.282. The molecule has 0 fully saturated rings. The van der Waals surface area contributed by atoms with Gasteiger partial charge in [-0.25, -0.2) is 4.98 Å². The van der Waals surface area contributed by atoms with Gasteiger partial charge in [0.2, 0.25) is 0 Å². The molecule has 0 aliphatic heterocycles. The first kappa shape index (κ1) is 26.7. The topological polar surface area (TPSA) is 125 Å². The number of hydrogen-bond donors (Lipinski definition) is 2. The summed E-state index contributed by atoms with van der Waals surface area (Å²) in [6.45, 7) is 6.65. The maximum absolute atomic E-state index is 12.8. The van der Waals surface area contributed by atoms with Crippen LogP contribution in [0.4, 0.5) is 5.69 Å². The SMILES string of the molecule is COc1cc(OCCOCCCC(=O)OC(C)(C)C)ccc1NC(=O)c1cccc(-c2ccn[nH]2)n1. The minimum absolute atomic E-state index is 0.233. The Morgan fingerprint density at radius 1 is 1.06 bits per heavy atom. The molecule has 2 heterocycles. The summed E-state index contributed by atoms with van der Waals surface area (Å²) in [5.74, 6) is 0.413. The summed E-state index contributed by atoms with van der Waals surface area (Å²) in [5.41, 5.74) is 1.60. The van der Waals surface area contributed by atoms with Gasteiger partial charge in [0.25, 0.3) is 5.91 Å². The van der Waals surface area contributed by atoms with Gasteiger partial charge in [0.1, 0.15) is 29.4 Å². The highest BCUT2D eigenvalue weighted by Gasteiger charge is 2.16. The van der Waals surface area contributed by atoms with Crippen molar-refractivity contribution in [1.29, 1.82) is 0 Å². The molecule has 0 aliphatic carbocycles. The average molecular weight is 497 g/mol. The molecule has 0 atom stereocenters. The monoisotopic (exact) mass is 496 g/mol. The molecule has 0 bridgehead atoms. The van der Waals surface area contributed by atoms with Crippen LogP contribution in [0.25, 0.3) is 11.4 Å². The molecule has 36 heavy (non-hydrogen) atoms. The van der Waals surface area contributed by atoms with E-state index in [0.717, 1.165) is 5.69 Å². The lowest BCUT2D eigenvalue weighted by Crippen LogP contribution is -2.23. The molecule has 0 saturated heterocycles. The van der Waals surface area contributed by atoms with Crippen molar-refractivity contribution < 1.29 is 28.5 Å². The van der Waals surface area contributed by atoms with E-state index >= 15 is 0 Å². The minimum Gasteiger partial charge on any atom is -0.494 e. The minimum atomic E-state index is -0.478. The molecule has 192 valence electrons. The van der Waals surface area contributed by atoms with Crippen LogP contribution < -0.4 is 14.8 Å². The van der Waals surface area contributed by atoms with Crippen LogP contribution in [0.15, 0.2) is 48.7 Å². The van der Waals surface area contributed by atoms with Crippen LogP contribution in [0, 0.1) is 0 Å². The van der Waals surface area contributed by atoms with E-state index in [1.54, 1.807) is 48.7 Å². The Kier molecular flexibility index (Phi) is 9.40. The number of nitrogens with zero attached hydrogens (tertiary/aromatic N) is 2. The number of nitrogens with one attached hydrogen (secondary N) is 2. The summed E-state index contributed by atoms with van der Waals surface area (Å²) in [6.07, 6.45) is 2.51. The number of amides is 1. The van der Waals surface area contributed by atoms with Crippen LogP contribution in [0.2, 0.25) is 0 Å². The van der Waals surface area contributed by atoms with Crippen LogP contribution in [-0.4, -0.2) is 59.6 Å². The summed E-state index contributed by atoms with van der Waals surface area (Å²) in [5, 5.41) is 9.56. The number of methoxy groups -OCH3 is 1. The van der Waals surface area contributed by atoms with Crippen molar-refractivity contribution in [1.82, 2.24) is 15.2 Å². The highest BCUT2D eigenvalue weighted by molar-refractivity contribution is 6.04. The molecule has 2 aromatic heterocycles. The van der Waals surface area contributed by atoms with Gasteiger partial charge in [-0.05, 0) is 57.5 Å². The largest absolute Gasteiger partial charge is 0.494 e. The third kappa shape index (κ3) is 8.38. The van der Waals surface area contributed by atoms with Gasteiger partial charge in [0.15, 0.2) is 0 Å². The number of carbonyl (C=O) groups is 2. The van der Waals surface area contributed by atoms with Crippen molar-refractivity contribution in [2.45, 2.75) is 39.2 Å². The fourth-order valence-corrected chi connectivity index (χ4v) is 3.19. The molecule has 2 N–H and O–H groups in total. The van der Waals surface area contributed by atoms with Gasteiger partial charge in [-0.15, -0.1) is 0 Å². The summed E-state index contributed by atoms with van der Waals surface area (Å²) in [7, 11) is 1.51. The second kappa shape index (κ2) is 12.7. The zero-order valence-corrected chi connectivity index (χ0v) is 21.0. The van der Waals surface area contributed by atoms with E-state index in [2.05, 4.69) is 20.5 Å². The van der Waals surface area contributed by atoms with Gasteiger partial charge in [-0.1, -0.05) is 6.07 Å². The summed E-state index contributed by atoms with van der Waals surface area (Å²) < 4.78 is 21.9. The first-order valence-electron chi connectivity index (χ1n) is 11.6. The molecule has 10 heteroatoms. The van der Waals surface area contributed by atoms with Crippen LogP contribution in [0.5, 0.6) is 11.5 Å². The summed E-state index contributed by atoms with van der Waals surface area (Å²) in [4.78, 5) is 28.8. The third-order valence-corrected chi connectivity index (χ3v) is 4.77. The van der Waals surface area contributed by atoms with Crippen LogP contribution in [-0.2, 0) is 14.3 Å². The molecule has 0 spiro atoms. The lowest BCUT2D eigenvalue weighted by molar-refractivity contribution is -0.155. The molecule has 1 aromatic carbocycles.